The summed E-state index contributed by atoms with van der Waals surface area (Å²) in [7, 11) is 0. The Morgan fingerprint density at radius 2 is 1.58 bits per heavy atom. The number of ether oxygens (including phenoxy) is 2. The zero-order chi connectivity index (χ0) is 16.6. The Kier molecular flexibility index (Phi) is 6.13. The fourth-order valence-electron chi connectivity index (χ4n) is 3.04. The number of benzene rings is 2. The average Bonchev–Trinajstić information content (AvgIpc) is 2.63. The predicted octanol–water partition coefficient (Wildman–Crippen LogP) is 5.04. The number of nitrogens with zero attached hydrogens (tertiary/aromatic N) is 1. The van der Waals surface area contributed by atoms with Crippen LogP contribution >= 0.6 is 0 Å². The Morgan fingerprint density at radius 1 is 0.875 bits per heavy atom. The van der Waals surface area contributed by atoms with Gasteiger partial charge in [-0.15, -0.1) is 0 Å². The monoisotopic (exact) mass is 325 g/mol. The van der Waals surface area contributed by atoms with Gasteiger partial charge in [0.2, 0.25) is 0 Å². The van der Waals surface area contributed by atoms with Crippen LogP contribution in [-0.2, 0) is 0 Å². The summed E-state index contributed by atoms with van der Waals surface area (Å²) in [4.78, 5) is 2.54. The summed E-state index contributed by atoms with van der Waals surface area (Å²) in [6.07, 6.45) is 5.12. The number of aryl methyl sites for hydroxylation is 1. The van der Waals surface area contributed by atoms with Crippen molar-refractivity contribution in [3.8, 4) is 17.2 Å². The highest BCUT2D eigenvalue weighted by molar-refractivity contribution is 5.43. The Bertz CT molecular complexity index is 618. The van der Waals surface area contributed by atoms with Gasteiger partial charge in [-0.05, 0) is 63.5 Å². The van der Waals surface area contributed by atoms with Crippen LogP contribution in [0.15, 0.2) is 48.5 Å². The summed E-state index contributed by atoms with van der Waals surface area (Å²) in [6, 6.07) is 16.0. The lowest BCUT2D eigenvalue weighted by Gasteiger charge is -2.26. The Balaban J connectivity index is 1.51. The third kappa shape index (κ3) is 5.00. The predicted molar refractivity (Wildman–Crippen MR) is 98.1 cm³/mol. The first-order chi connectivity index (χ1) is 11.8. The molecule has 0 aromatic heterocycles. The molecule has 2 aromatic carbocycles. The summed E-state index contributed by atoms with van der Waals surface area (Å²) in [6.45, 7) is 6.41. The van der Waals surface area contributed by atoms with Gasteiger partial charge in [-0.25, -0.2) is 0 Å². The first-order valence-corrected chi connectivity index (χ1v) is 9.00. The molecule has 0 atom stereocenters. The third-order valence-electron chi connectivity index (χ3n) is 4.42. The number of likely N-dealkylation sites (tertiary alicyclic amines) is 1. The van der Waals surface area contributed by atoms with Crippen LogP contribution < -0.4 is 9.47 Å². The van der Waals surface area contributed by atoms with Crippen LogP contribution in [0.25, 0.3) is 0 Å². The Morgan fingerprint density at radius 3 is 2.33 bits per heavy atom. The van der Waals surface area contributed by atoms with Gasteiger partial charge in [-0.2, -0.15) is 0 Å². The van der Waals surface area contributed by atoms with E-state index in [4.69, 9.17) is 9.47 Å². The van der Waals surface area contributed by atoms with Crippen LogP contribution in [0.4, 0.5) is 0 Å². The summed E-state index contributed by atoms with van der Waals surface area (Å²) >= 11 is 0. The Labute approximate surface area is 145 Å². The fraction of sp³-hybridized carbons (Fsp3) is 0.429. The molecule has 128 valence electrons. The van der Waals surface area contributed by atoms with E-state index < -0.39 is 0 Å². The molecule has 24 heavy (non-hydrogen) atoms. The van der Waals surface area contributed by atoms with Crippen molar-refractivity contribution in [3.63, 3.8) is 0 Å². The zero-order valence-electron chi connectivity index (χ0n) is 14.5. The molecule has 0 N–H and O–H groups in total. The molecule has 3 nitrogen and oxygen atoms in total. The quantitative estimate of drug-likeness (QED) is 0.666. The molecule has 1 heterocycles. The third-order valence-corrected chi connectivity index (χ3v) is 4.42. The number of para-hydroxylation sites is 2. The molecule has 1 aliphatic heterocycles. The van der Waals surface area contributed by atoms with Gasteiger partial charge in [0.05, 0.1) is 6.61 Å². The Hall–Kier alpha value is -2.00. The van der Waals surface area contributed by atoms with Crippen LogP contribution in [-0.4, -0.2) is 31.1 Å². The molecule has 1 aliphatic rings. The second-order valence-corrected chi connectivity index (χ2v) is 6.47. The number of rotatable bonds is 7. The van der Waals surface area contributed by atoms with Crippen molar-refractivity contribution >= 4 is 0 Å². The van der Waals surface area contributed by atoms with E-state index in [9.17, 15) is 0 Å². The molecule has 0 aliphatic carbocycles. The van der Waals surface area contributed by atoms with Gasteiger partial charge in [0.1, 0.15) is 5.75 Å². The zero-order valence-corrected chi connectivity index (χ0v) is 14.5. The largest absolute Gasteiger partial charge is 0.490 e. The van der Waals surface area contributed by atoms with E-state index in [0.29, 0.717) is 0 Å². The molecule has 0 bridgehead atoms. The van der Waals surface area contributed by atoms with E-state index in [-0.39, 0.29) is 0 Å². The molecule has 0 saturated carbocycles. The van der Waals surface area contributed by atoms with Gasteiger partial charge in [0, 0.05) is 6.54 Å². The molecule has 3 rings (SSSR count). The number of piperidine rings is 1. The number of hydrogen-bond acceptors (Lipinski definition) is 3. The van der Waals surface area contributed by atoms with Crippen molar-refractivity contribution in [1.29, 1.82) is 0 Å². The maximum Gasteiger partial charge on any atom is 0.169 e. The van der Waals surface area contributed by atoms with Crippen molar-refractivity contribution in [1.82, 2.24) is 4.90 Å². The minimum absolute atomic E-state index is 0.727. The van der Waals surface area contributed by atoms with Crippen molar-refractivity contribution in [3.05, 3.63) is 54.1 Å². The molecule has 0 unspecified atom stereocenters. The molecule has 1 fully saturated rings. The van der Waals surface area contributed by atoms with Crippen LogP contribution in [0, 0.1) is 6.92 Å². The number of hydrogen-bond donors (Lipinski definition) is 0. The van der Waals surface area contributed by atoms with E-state index in [0.717, 1.165) is 36.8 Å². The highest BCUT2D eigenvalue weighted by atomic mass is 16.5. The molecule has 0 radical (unpaired) electrons. The van der Waals surface area contributed by atoms with Crippen LogP contribution in [0.2, 0.25) is 0 Å². The van der Waals surface area contributed by atoms with Gasteiger partial charge < -0.3 is 14.4 Å². The van der Waals surface area contributed by atoms with Crippen LogP contribution in [0.5, 0.6) is 17.2 Å². The van der Waals surface area contributed by atoms with E-state index in [1.807, 2.05) is 36.4 Å². The summed E-state index contributed by atoms with van der Waals surface area (Å²) in [5.41, 5.74) is 1.23. The lowest BCUT2D eigenvalue weighted by Crippen LogP contribution is -2.31. The van der Waals surface area contributed by atoms with Crippen molar-refractivity contribution < 1.29 is 9.47 Å². The van der Waals surface area contributed by atoms with Crippen LogP contribution in [0.1, 0.15) is 31.2 Å². The molecule has 3 heteroatoms. The SMILES string of the molecule is Cc1ccc(Oc2ccccc2OCCCN2CCCCC2)cc1. The smallest absolute Gasteiger partial charge is 0.169 e. The van der Waals surface area contributed by atoms with Gasteiger partial charge in [-0.3, -0.25) is 0 Å². The summed E-state index contributed by atoms with van der Waals surface area (Å²) in [5.74, 6) is 2.43. The lowest BCUT2D eigenvalue weighted by atomic mass is 10.1. The van der Waals surface area contributed by atoms with Gasteiger partial charge >= 0.3 is 0 Å². The first-order valence-electron chi connectivity index (χ1n) is 9.00. The lowest BCUT2D eigenvalue weighted by molar-refractivity contribution is 0.203. The molecular weight excluding hydrogens is 298 g/mol. The van der Waals surface area contributed by atoms with Gasteiger partial charge in [-0.1, -0.05) is 36.2 Å². The molecule has 0 spiro atoms. The molecule has 1 saturated heterocycles. The second-order valence-electron chi connectivity index (χ2n) is 6.47. The minimum atomic E-state index is 0.727. The van der Waals surface area contributed by atoms with Crippen molar-refractivity contribution in [2.45, 2.75) is 32.6 Å². The normalized spacial score (nSPS) is 15.2. The molecule has 2 aromatic rings. The molecule has 0 amide bonds. The van der Waals surface area contributed by atoms with Gasteiger partial charge in [0.25, 0.3) is 0 Å². The van der Waals surface area contributed by atoms with E-state index >= 15 is 0 Å². The highest BCUT2D eigenvalue weighted by Crippen LogP contribution is 2.31. The minimum Gasteiger partial charge on any atom is -0.490 e. The first kappa shape index (κ1) is 16.8. The van der Waals surface area contributed by atoms with Crippen molar-refractivity contribution in [2.75, 3.05) is 26.2 Å². The van der Waals surface area contributed by atoms with E-state index in [1.165, 1.54) is 37.9 Å². The topological polar surface area (TPSA) is 21.7 Å². The summed E-state index contributed by atoms with van der Waals surface area (Å²) in [5, 5.41) is 0. The molecular formula is C21H27NO2. The van der Waals surface area contributed by atoms with Crippen LogP contribution in [0.3, 0.4) is 0 Å². The maximum atomic E-state index is 5.98. The van der Waals surface area contributed by atoms with E-state index in [1.54, 1.807) is 0 Å². The summed E-state index contributed by atoms with van der Waals surface area (Å²) < 4.78 is 11.9. The van der Waals surface area contributed by atoms with Crippen molar-refractivity contribution in [2.24, 2.45) is 0 Å². The second kappa shape index (κ2) is 8.74. The fourth-order valence-corrected chi connectivity index (χ4v) is 3.04. The highest BCUT2D eigenvalue weighted by Gasteiger charge is 2.10. The van der Waals surface area contributed by atoms with E-state index in [2.05, 4.69) is 24.0 Å². The average molecular weight is 325 g/mol. The maximum absolute atomic E-state index is 5.98. The standard InChI is InChI=1S/C21H27NO2/c1-18-10-12-19(13-11-18)24-21-9-4-3-8-20(21)23-17-7-16-22-14-5-2-6-15-22/h3-4,8-13H,2,5-7,14-17H2,1H3. The van der Waals surface area contributed by atoms with Gasteiger partial charge in [0.15, 0.2) is 11.5 Å².